The lowest BCUT2D eigenvalue weighted by atomic mass is 10.0. The molecule has 3 aromatic rings. The monoisotopic (exact) mass is 446 g/mol. The molecule has 2 aliphatic rings. The third kappa shape index (κ3) is 5.16. The summed E-state index contributed by atoms with van der Waals surface area (Å²) in [7, 11) is 0. The Bertz CT molecular complexity index is 1140. The van der Waals surface area contributed by atoms with E-state index >= 15 is 0 Å². The number of nitrogens with zero attached hydrogens (tertiary/aromatic N) is 2. The van der Waals surface area contributed by atoms with E-state index in [9.17, 15) is 9.59 Å². The van der Waals surface area contributed by atoms with Crippen molar-refractivity contribution in [3.8, 4) is 11.5 Å². The first-order valence-electron chi connectivity index (χ1n) is 11.2. The normalized spacial score (nSPS) is 15.5. The summed E-state index contributed by atoms with van der Waals surface area (Å²) in [5, 5.41) is 6.06. The summed E-state index contributed by atoms with van der Waals surface area (Å²) in [5.74, 6) is 1.58. The van der Waals surface area contributed by atoms with Crippen molar-refractivity contribution in [1.82, 2.24) is 14.9 Å². The van der Waals surface area contributed by atoms with Gasteiger partial charge >= 0.3 is 0 Å². The molecule has 1 saturated carbocycles. The Balaban J connectivity index is 1.24. The highest BCUT2D eigenvalue weighted by molar-refractivity contribution is 5.97. The molecule has 8 heteroatoms. The molecule has 2 aromatic carbocycles. The van der Waals surface area contributed by atoms with Crippen LogP contribution >= 0.6 is 0 Å². The van der Waals surface area contributed by atoms with Crippen LogP contribution in [0.3, 0.4) is 0 Å². The van der Waals surface area contributed by atoms with Crippen molar-refractivity contribution < 1.29 is 19.1 Å². The first-order valence-corrected chi connectivity index (χ1v) is 11.2. The highest BCUT2D eigenvalue weighted by atomic mass is 16.6. The Kier molecular flexibility index (Phi) is 5.97. The number of ether oxygens (including phenoxy) is 2. The quantitative estimate of drug-likeness (QED) is 0.552. The fourth-order valence-electron chi connectivity index (χ4n) is 3.99. The van der Waals surface area contributed by atoms with Gasteiger partial charge in [0.15, 0.2) is 11.5 Å². The van der Waals surface area contributed by atoms with Crippen LogP contribution in [0.2, 0.25) is 0 Å². The minimum atomic E-state index is -0.170. The molecule has 1 aliphatic carbocycles. The van der Waals surface area contributed by atoms with E-state index in [1.54, 1.807) is 36.8 Å². The minimum absolute atomic E-state index is 0.0956. The average molecular weight is 447 g/mol. The van der Waals surface area contributed by atoms with Crippen molar-refractivity contribution in [2.45, 2.75) is 31.8 Å². The zero-order valence-corrected chi connectivity index (χ0v) is 18.2. The van der Waals surface area contributed by atoms with E-state index in [0.717, 1.165) is 29.9 Å². The SMILES string of the molecule is O=C(CCn1ccnc1)Nc1cccc(C(=O)NC(c2ccc3c(c2)OCCO3)C2CC2)c1. The van der Waals surface area contributed by atoms with Gasteiger partial charge in [0.1, 0.15) is 13.2 Å². The molecule has 8 nitrogen and oxygen atoms in total. The number of anilines is 1. The summed E-state index contributed by atoms with van der Waals surface area (Å²) in [4.78, 5) is 29.3. The lowest BCUT2D eigenvalue weighted by Crippen LogP contribution is -2.30. The molecular weight excluding hydrogens is 420 g/mol. The second-order valence-electron chi connectivity index (χ2n) is 8.37. The summed E-state index contributed by atoms with van der Waals surface area (Å²) < 4.78 is 13.2. The predicted octanol–water partition coefficient (Wildman–Crippen LogP) is 3.56. The predicted molar refractivity (Wildman–Crippen MR) is 122 cm³/mol. The molecule has 0 bridgehead atoms. The highest BCUT2D eigenvalue weighted by Gasteiger charge is 2.34. The lowest BCUT2D eigenvalue weighted by molar-refractivity contribution is -0.116. The van der Waals surface area contributed by atoms with Gasteiger partial charge in [-0.3, -0.25) is 9.59 Å². The number of aryl methyl sites for hydroxylation is 1. The fraction of sp³-hybridized carbons (Fsp3) is 0.320. The minimum Gasteiger partial charge on any atom is -0.486 e. The molecule has 0 spiro atoms. The van der Waals surface area contributed by atoms with Gasteiger partial charge in [-0.25, -0.2) is 4.98 Å². The van der Waals surface area contributed by atoms with Crippen LogP contribution in [0.1, 0.15) is 41.2 Å². The van der Waals surface area contributed by atoms with E-state index in [1.165, 1.54) is 0 Å². The Morgan fingerprint density at radius 2 is 1.94 bits per heavy atom. The number of nitrogens with one attached hydrogen (secondary N) is 2. The van der Waals surface area contributed by atoms with Gasteiger partial charge in [0, 0.05) is 36.6 Å². The number of carbonyl (C=O) groups is 2. The average Bonchev–Trinajstić information content (AvgIpc) is 3.55. The smallest absolute Gasteiger partial charge is 0.251 e. The van der Waals surface area contributed by atoms with E-state index < -0.39 is 0 Å². The Hall–Kier alpha value is -3.81. The molecule has 2 N–H and O–H groups in total. The van der Waals surface area contributed by atoms with Crippen molar-refractivity contribution in [3.63, 3.8) is 0 Å². The molecule has 0 saturated heterocycles. The maximum atomic E-state index is 13.1. The molecule has 5 rings (SSSR count). The second-order valence-corrected chi connectivity index (χ2v) is 8.37. The maximum Gasteiger partial charge on any atom is 0.251 e. The van der Waals surface area contributed by atoms with Gasteiger partial charge in [-0.2, -0.15) is 0 Å². The van der Waals surface area contributed by atoms with Gasteiger partial charge in [0.2, 0.25) is 5.91 Å². The molecule has 2 heterocycles. The van der Waals surface area contributed by atoms with Crippen LogP contribution < -0.4 is 20.1 Å². The summed E-state index contributed by atoms with van der Waals surface area (Å²) in [6.07, 6.45) is 7.64. The first kappa shape index (κ1) is 21.1. The van der Waals surface area contributed by atoms with Gasteiger partial charge in [0.25, 0.3) is 5.91 Å². The Morgan fingerprint density at radius 1 is 1.09 bits per heavy atom. The number of fused-ring (bicyclic) bond motifs is 1. The Morgan fingerprint density at radius 3 is 2.73 bits per heavy atom. The van der Waals surface area contributed by atoms with Crippen molar-refractivity contribution in [1.29, 1.82) is 0 Å². The third-order valence-electron chi connectivity index (χ3n) is 5.87. The van der Waals surface area contributed by atoms with Crippen LogP contribution in [0, 0.1) is 5.92 Å². The largest absolute Gasteiger partial charge is 0.486 e. The molecule has 1 fully saturated rings. The maximum absolute atomic E-state index is 13.1. The number of amides is 2. The van der Waals surface area contributed by atoms with Crippen LogP contribution in [0.4, 0.5) is 5.69 Å². The van der Waals surface area contributed by atoms with E-state index in [4.69, 9.17) is 9.47 Å². The second kappa shape index (κ2) is 9.36. The number of hydrogen-bond acceptors (Lipinski definition) is 5. The van der Waals surface area contributed by atoms with Crippen LogP contribution in [-0.2, 0) is 11.3 Å². The zero-order chi connectivity index (χ0) is 22.6. The standard InChI is InChI=1S/C25H26N4O4/c30-23(8-10-29-11-9-26-16-29)27-20-3-1-2-19(14-20)25(31)28-24(17-4-5-17)18-6-7-21-22(15-18)33-13-12-32-21/h1-3,6-7,9,11,14-17,24H,4-5,8,10,12-13H2,(H,27,30)(H,28,31). The summed E-state index contributed by atoms with van der Waals surface area (Å²) in [5.41, 5.74) is 2.12. The van der Waals surface area contributed by atoms with E-state index in [0.29, 0.717) is 43.3 Å². The van der Waals surface area contributed by atoms with E-state index in [2.05, 4.69) is 15.6 Å². The van der Waals surface area contributed by atoms with Gasteiger partial charge in [-0.15, -0.1) is 0 Å². The van der Waals surface area contributed by atoms with Crippen LogP contribution in [-0.4, -0.2) is 34.6 Å². The molecule has 1 aromatic heterocycles. The zero-order valence-electron chi connectivity index (χ0n) is 18.2. The number of hydrogen-bond donors (Lipinski definition) is 2. The molecular formula is C25H26N4O4. The van der Waals surface area contributed by atoms with Crippen molar-refractivity contribution in [2.24, 2.45) is 5.92 Å². The van der Waals surface area contributed by atoms with Crippen LogP contribution in [0.25, 0.3) is 0 Å². The first-order chi connectivity index (χ1) is 16.2. The van der Waals surface area contributed by atoms with Crippen molar-refractivity contribution in [3.05, 3.63) is 72.3 Å². The number of aromatic nitrogens is 2. The summed E-state index contributed by atoms with van der Waals surface area (Å²) in [6, 6.07) is 12.8. The van der Waals surface area contributed by atoms with Gasteiger partial charge in [-0.1, -0.05) is 12.1 Å². The highest BCUT2D eigenvalue weighted by Crippen LogP contribution is 2.43. The van der Waals surface area contributed by atoms with Gasteiger partial charge < -0.3 is 24.7 Å². The number of carbonyl (C=O) groups excluding carboxylic acids is 2. The van der Waals surface area contributed by atoms with E-state index in [1.807, 2.05) is 29.0 Å². The number of imidazole rings is 1. The molecule has 2 amide bonds. The fourth-order valence-corrected chi connectivity index (χ4v) is 3.99. The van der Waals surface area contributed by atoms with Gasteiger partial charge in [0.05, 0.1) is 12.4 Å². The van der Waals surface area contributed by atoms with Crippen molar-refractivity contribution >= 4 is 17.5 Å². The number of rotatable bonds is 8. The molecule has 1 aliphatic heterocycles. The molecule has 0 radical (unpaired) electrons. The molecule has 1 atom stereocenters. The van der Waals surface area contributed by atoms with Gasteiger partial charge in [-0.05, 0) is 54.7 Å². The van der Waals surface area contributed by atoms with Crippen molar-refractivity contribution in [2.75, 3.05) is 18.5 Å². The molecule has 33 heavy (non-hydrogen) atoms. The molecule has 1 unspecified atom stereocenters. The number of benzene rings is 2. The van der Waals surface area contributed by atoms with Crippen LogP contribution in [0.15, 0.2) is 61.2 Å². The summed E-state index contributed by atoms with van der Waals surface area (Å²) in [6.45, 7) is 1.62. The topological polar surface area (TPSA) is 94.5 Å². The summed E-state index contributed by atoms with van der Waals surface area (Å²) >= 11 is 0. The third-order valence-corrected chi connectivity index (χ3v) is 5.87. The molecule has 170 valence electrons. The van der Waals surface area contributed by atoms with E-state index in [-0.39, 0.29) is 17.9 Å². The Labute approximate surface area is 191 Å². The van der Waals surface area contributed by atoms with Crippen LogP contribution in [0.5, 0.6) is 11.5 Å². The lowest BCUT2D eigenvalue weighted by Gasteiger charge is -2.23.